The molecule has 1 aromatic heterocycles. The zero-order valence-corrected chi connectivity index (χ0v) is 17.5. The molecule has 0 radical (unpaired) electrons. The van der Waals surface area contributed by atoms with Crippen LogP contribution < -0.4 is 19.7 Å². The number of benzene rings is 2. The lowest BCUT2D eigenvalue weighted by atomic mass is 10.1. The van der Waals surface area contributed by atoms with E-state index in [0.29, 0.717) is 28.8 Å². The van der Waals surface area contributed by atoms with Gasteiger partial charge in [-0.25, -0.2) is 0 Å². The van der Waals surface area contributed by atoms with Crippen molar-refractivity contribution in [2.45, 2.75) is 23.5 Å². The molecule has 1 atom stereocenters. The average Bonchev–Trinajstić information content (AvgIpc) is 3.36. The van der Waals surface area contributed by atoms with Crippen molar-refractivity contribution in [1.29, 1.82) is 0 Å². The van der Waals surface area contributed by atoms with Crippen molar-refractivity contribution in [3.63, 3.8) is 0 Å². The Hall–Kier alpha value is -3.46. The van der Waals surface area contributed by atoms with Crippen LogP contribution in [0.2, 0.25) is 0 Å². The van der Waals surface area contributed by atoms with E-state index in [4.69, 9.17) is 14.0 Å². The molecule has 158 valence electrons. The van der Waals surface area contributed by atoms with Gasteiger partial charge in [0, 0.05) is 22.6 Å². The van der Waals surface area contributed by atoms with E-state index in [1.165, 1.54) is 4.90 Å². The number of ether oxygens (including phenoxy) is 2. The number of aryl methyl sites for hydroxylation is 1. The Morgan fingerprint density at radius 1 is 1.19 bits per heavy atom. The number of amides is 2. The number of anilines is 2. The first-order chi connectivity index (χ1) is 15.1. The van der Waals surface area contributed by atoms with Gasteiger partial charge in [-0.1, -0.05) is 23.4 Å². The van der Waals surface area contributed by atoms with Gasteiger partial charge in [-0.05, 0) is 36.8 Å². The number of hydrogen-bond donors (Lipinski definition) is 1. The molecular weight excluding hydrogens is 418 g/mol. The minimum atomic E-state index is -0.344. The zero-order chi connectivity index (χ0) is 21.4. The maximum Gasteiger partial charge on any atom is 0.245 e. The first kappa shape index (κ1) is 19.5. The molecule has 9 heteroatoms. The van der Waals surface area contributed by atoms with Crippen molar-refractivity contribution in [3.8, 4) is 11.5 Å². The Morgan fingerprint density at radius 3 is 2.87 bits per heavy atom. The highest BCUT2D eigenvalue weighted by Crippen LogP contribution is 2.47. The average molecular weight is 437 g/mol. The Labute approximate surface area is 182 Å². The molecule has 1 unspecified atom stereocenters. The summed E-state index contributed by atoms with van der Waals surface area (Å²) in [4.78, 5) is 28.3. The van der Waals surface area contributed by atoms with Gasteiger partial charge < -0.3 is 24.2 Å². The molecule has 0 spiro atoms. The normalized spacial score (nSPS) is 17.3. The molecular formula is C22H19N3O5S. The molecule has 2 aliphatic heterocycles. The van der Waals surface area contributed by atoms with Crippen LogP contribution in [0.4, 0.5) is 11.5 Å². The lowest BCUT2D eigenvalue weighted by Crippen LogP contribution is -2.38. The van der Waals surface area contributed by atoms with E-state index < -0.39 is 0 Å². The lowest BCUT2D eigenvalue weighted by Gasteiger charge is -2.21. The topological polar surface area (TPSA) is 93.9 Å². The van der Waals surface area contributed by atoms with Gasteiger partial charge in [-0.2, -0.15) is 0 Å². The molecule has 0 bridgehead atoms. The number of hydrogen-bond acceptors (Lipinski definition) is 7. The van der Waals surface area contributed by atoms with Crippen LogP contribution in [0, 0.1) is 6.92 Å². The van der Waals surface area contributed by atoms with E-state index in [1.54, 1.807) is 24.8 Å². The summed E-state index contributed by atoms with van der Waals surface area (Å²) < 4.78 is 15.9. The lowest BCUT2D eigenvalue weighted by molar-refractivity contribution is -0.121. The highest BCUT2D eigenvalue weighted by molar-refractivity contribution is 7.99. The molecule has 2 aliphatic rings. The maximum atomic E-state index is 13.2. The molecule has 5 rings (SSSR count). The largest absolute Gasteiger partial charge is 0.454 e. The molecule has 0 saturated carbocycles. The van der Waals surface area contributed by atoms with Crippen LogP contribution in [0.15, 0.2) is 57.9 Å². The molecule has 2 aromatic carbocycles. The van der Waals surface area contributed by atoms with Gasteiger partial charge in [0.25, 0.3) is 0 Å². The van der Waals surface area contributed by atoms with Crippen LogP contribution >= 0.6 is 11.8 Å². The van der Waals surface area contributed by atoms with Gasteiger partial charge in [0.2, 0.25) is 18.6 Å². The number of carbonyl (C=O) groups excluding carboxylic acids is 2. The molecule has 2 amide bonds. The maximum absolute atomic E-state index is 13.2. The molecule has 0 fully saturated rings. The first-order valence-corrected chi connectivity index (χ1v) is 10.6. The number of nitrogens with one attached hydrogen (secondary N) is 1. The van der Waals surface area contributed by atoms with Gasteiger partial charge in [0.05, 0.1) is 5.69 Å². The zero-order valence-electron chi connectivity index (χ0n) is 16.7. The second-order valence-electron chi connectivity index (χ2n) is 7.24. The number of nitrogens with zero attached hydrogens (tertiary/aromatic N) is 2. The highest BCUT2D eigenvalue weighted by Gasteiger charge is 2.31. The fourth-order valence-electron chi connectivity index (χ4n) is 3.60. The monoisotopic (exact) mass is 437 g/mol. The second-order valence-corrected chi connectivity index (χ2v) is 8.49. The molecule has 0 aliphatic carbocycles. The quantitative estimate of drug-likeness (QED) is 0.661. The molecule has 3 aromatic rings. The van der Waals surface area contributed by atoms with Gasteiger partial charge >= 0.3 is 0 Å². The molecule has 31 heavy (non-hydrogen) atoms. The van der Waals surface area contributed by atoms with E-state index in [0.717, 1.165) is 10.5 Å². The third-order valence-corrected chi connectivity index (χ3v) is 6.37. The van der Waals surface area contributed by atoms with Crippen molar-refractivity contribution in [2.75, 3.05) is 23.6 Å². The van der Waals surface area contributed by atoms with Crippen LogP contribution in [0.5, 0.6) is 11.5 Å². The van der Waals surface area contributed by atoms with Crippen molar-refractivity contribution < 1.29 is 23.6 Å². The number of rotatable bonds is 4. The van der Waals surface area contributed by atoms with Gasteiger partial charge in [-0.3, -0.25) is 9.59 Å². The van der Waals surface area contributed by atoms with Crippen molar-refractivity contribution in [2.24, 2.45) is 0 Å². The van der Waals surface area contributed by atoms with Gasteiger partial charge in [0.15, 0.2) is 17.3 Å². The Morgan fingerprint density at radius 2 is 2.03 bits per heavy atom. The minimum absolute atomic E-state index is 0.115. The fraction of sp³-hybridized carbons (Fsp3) is 0.227. The number of para-hydroxylation sites is 1. The number of thioether (sulfide) groups is 1. The fourth-order valence-corrected chi connectivity index (χ4v) is 4.87. The summed E-state index contributed by atoms with van der Waals surface area (Å²) in [5, 5.41) is 6.34. The smallest absolute Gasteiger partial charge is 0.245 e. The summed E-state index contributed by atoms with van der Waals surface area (Å²) in [6, 6.07) is 15.0. The predicted octanol–water partition coefficient (Wildman–Crippen LogP) is 3.92. The SMILES string of the molecule is Cc1cc(NC(=O)CN2C(=O)CC(c3ccc4c(c3)OCO4)Sc3ccccc32)no1. The standard InChI is InChI=1S/C22H19N3O5S/c1-13-8-20(24-30-13)23-21(26)11-25-15-4-2-3-5-18(15)31-19(10-22(25)27)14-6-7-16-17(9-14)29-12-28-16/h2-9,19H,10-12H2,1H3,(H,23,24,26). The van der Waals surface area contributed by atoms with Crippen molar-refractivity contribution >= 4 is 35.1 Å². The third-order valence-electron chi connectivity index (χ3n) is 5.05. The third kappa shape index (κ3) is 3.96. The van der Waals surface area contributed by atoms with E-state index in [1.807, 2.05) is 42.5 Å². The highest BCUT2D eigenvalue weighted by atomic mass is 32.2. The van der Waals surface area contributed by atoms with E-state index >= 15 is 0 Å². The van der Waals surface area contributed by atoms with Crippen LogP contribution in [0.25, 0.3) is 0 Å². The summed E-state index contributed by atoms with van der Waals surface area (Å²) in [5.74, 6) is 1.83. The minimum Gasteiger partial charge on any atom is -0.454 e. The van der Waals surface area contributed by atoms with Crippen molar-refractivity contribution in [3.05, 3.63) is 59.9 Å². The molecule has 1 N–H and O–H groups in total. The summed E-state index contributed by atoms with van der Waals surface area (Å²) >= 11 is 1.60. The van der Waals surface area contributed by atoms with Gasteiger partial charge in [-0.15, -0.1) is 11.8 Å². The molecule has 8 nitrogen and oxygen atoms in total. The van der Waals surface area contributed by atoms with Crippen molar-refractivity contribution in [1.82, 2.24) is 5.16 Å². The van der Waals surface area contributed by atoms with Crippen LogP contribution in [0.3, 0.4) is 0 Å². The number of carbonyl (C=O) groups is 2. The summed E-state index contributed by atoms with van der Waals surface area (Å²) in [5.41, 5.74) is 1.69. The molecule has 0 saturated heterocycles. The summed E-state index contributed by atoms with van der Waals surface area (Å²) in [7, 11) is 0. The van der Waals surface area contributed by atoms with E-state index in [2.05, 4.69) is 10.5 Å². The predicted molar refractivity (Wildman–Crippen MR) is 114 cm³/mol. The van der Waals surface area contributed by atoms with Crippen LogP contribution in [0.1, 0.15) is 23.0 Å². The first-order valence-electron chi connectivity index (χ1n) is 9.75. The number of fused-ring (bicyclic) bond motifs is 2. The Balaban J connectivity index is 1.40. The second kappa shape index (κ2) is 7.99. The van der Waals surface area contributed by atoms with Crippen LogP contribution in [-0.4, -0.2) is 30.3 Å². The van der Waals surface area contributed by atoms with E-state index in [9.17, 15) is 9.59 Å². The Kier molecular flexibility index (Phi) is 5.03. The number of aromatic nitrogens is 1. The van der Waals surface area contributed by atoms with E-state index in [-0.39, 0.29) is 36.8 Å². The van der Waals surface area contributed by atoms with Gasteiger partial charge in [0.1, 0.15) is 12.3 Å². The summed E-state index contributed by atoms with van der Waals surface area (Å²) in [6.07, 6.45) is 0.245. The molecule has 3 heterocycles. The van der Waals surface area contributed by atoms with Crippen LogP contribution in [-0.2, 0) is 9.59 Å². The Bertz CT molecular complexity index is 1160. The summed E-state index contributed by atoms with van der Waals surface area (Å²) in [6.45, 7) is 1.83.